The lowest BCUT2D eigenvalue weighted by molar-refractivity contribution is 0.128. The predicted octanol–water partition coefficient (Wildman–Crippen LogP) is 4.27. The summed E-state index contributed by atoms with van der Waals surface area (Å²) in [5.41, 5.74) is 3.40. The molecule has 1 aliphatic heterocycles. The van der Waals surface area contributed by atoms with Gasteiger partial charge in [-0.15, -0.1) is 0 Å². The van der Waals surface area contributed by atoms with E-state index in [-0.39, 0.29) is 18.0 Å². The highest BCUT2D eigenvalue weighted by Crippen LogP contribution is 2.42. The Kier molecular flexibility index (Phi) is 4.25. The van der Waals surface area contributed by atoms with E-state index in [1.54, 1.807) is 0 Å². The highest BCUT2D eigenvalue weighted by Gasteiger charge is 2.38. The number of rotatable bonds is 2. The first-order chi connectivity index (χ1) is 10.7. The third-order valence-corrected chi connectivity index (χ3v) is 4.79. The minimum atomic E-state index is 0.192. The maximum Gasteiger partial charge on any atom is 0.0636 e. The van der Waals surface area contributed by atoms with Gasteiger partial charge in [-0.25, -0.2) is 0 Å². The maximum absolute atomic E-state index is 9.45. The molecule has 0 unspecified atom stereocenters. The van der Waals surface area contributed by atoms with E-state index in [2.05, 4.69) is 72.6 Å². The van der Waals surface area contributed by atoms with Crippen LogP contribution in [0.15, 0.2) is 65.8 Å². The number of piperidine rings is 1. The van der Waals surface area contributed by atoms with E-state index in [4.69, 9.17) is 0 Å². The Morgan fingerprint density at radius 2 is 1.50 bits per heavy atom. The van der Waals surface area contributed by atoms with Crippen molar-refractivity contribution < 1.29 is 5.21 Å². The van der Waals surface area contributed by atoms with Crippen LogP contribution in [0.4, 0.5) is 0 Å². The molecule has 1 fully saturated rings. The van der Waals surface area contributed by atoms with Crippen molar-refractivity contribution in [2.75, 3.05) is 7.05 Å². The van der Waals surface area contributed by atoms with E-state index in [9.17, 15) is 5.21 Å². The molecule has 0 amide bonds. The van der Waals surface area contributed by atoms with E-state index in [1.807, 2.05) is 12.1 Å². The van der Waals surface area contributed by atoms with Crippen LogP contribution >= 0.6 is 0 Å². The maximum atomic E-state index is 9.45. The zero-order valence-corrected chi connectivity index (χ0v) is 13.1. The first kappa shape index (κ1) is 14.8. The summed E-state index contributed by atoms with van der Waals surface area (Å²) in [6, 6.07) is 21.4. The van der Waals surface area contributed by atoms with E-state index in [0.29, 0.717) is 0 Å². The van der Waals surface area contributed by atoms with Gasteiger partial charge < -0.3 is 5.21 Å². The van der Waals surface area contributed by atoms with E-state index >= 15 is 0 Å². The molecule has 0 aromatic heterocycles. The molecule has 0 aliphatic carbocycles. The van der Waals surface area contributed by atoms with Gasteiger partial charge in [0.15, 0.2) is 0 Å². The van der Waals surface area contributed by atoms with Crippen LogP contribution in [0, 0.1) is 5.92 Å². The van der Waals surface area contributed by atoms with Gasteiger partial charge in [0, 0.05) is 24.4 Å². The molecule has 1 heterocycles. The molecule has 0 radical (unpaired) electrons. The van der Waals surface area contributed by atoms with Crippen molar-refractivity contribution in [1.29, 1.82) is 0 Å². The summed E-state index contributed by atoms with van der Waals surface area (Å²) >= 11 is 0. The van der Waals surface area contributed by atoms with E-state index < -0.39 is 0 Å². The van der Waals surface area contributed by atoms with Gasteiger partial charge in [0.2, 0.25) is 0 Å². The Labute approximate surface area is 131 Å². The molecule has 22 heavy (non-hydrogen) atoms. The monoisotopic (exact) mass is 294 g/mol. The molecular formula is C19H22N2O. The van der Waals surface area contributed by atoms with Gasteiger partial charge in [-0.05, 0) is 18.2 Å². The lowest BCUT2D eigenvalue weighted by Crippen LogP contribution is -2.42. The zero-order chi connectivity index (χ0) is 15.5. The summed E-state index contributed by atoms with van der Waals surface area (Å²) in [5, 5.41) is 13.1. The normalized spacial score (nSPS) is 27.9. The molecule has 1 aliphatic rings. The summed E-state index contributed by atoms with van der Waals surface area (Å²) in [4.78, 5) is 2.41. The molecule has 114 valence electrons. The quantitative estimate of drug-likeness (QED) is 0.663. The SMILES string of the molecule is C[C@@H]1C(=NO)C[C@@H](c2ccccc2)N(C)[C@@H]1c1ccccc1. The second-order valence-corrected chi connectivity index (χ2v) is 6.03. The minimum absolute atomic E-state index is 0.192. The Bertz CT molecular complexity index is 639. The molecule has 2 aromatic rings. The summed E-state index contributed by atoms with van der Waals surface area (Å²) in [7, 11) is 2.17. The fraction of sp³-hybridized carbons (Fsp3) is 0.316. The van der Waals surface area contributed by atoms with Crippen LogP contribution in [0.1, 0.15) is 36.6 Å². The van der Waals surface area contributed by atoms with Gasteiger partial charge in [-0.3, -0.25) is 4.90 Å². The van der Waals surface area contributed by atoms with Crippen molar-refractivity contribution >= 4 is 5.71 Å². The van der Waals surface area contributed by atoms with Crippen LogP contribution in [-0.2, 0) is 0 Å². The summed E-state index contributed by atoms with van der Waals surface area (Å²) < 4.78 is 0. The Morgan fingerprint density at radius 1 is 0.955 bits per heavy atom. The second kappa shape index (κ2) is 6.32. The second-order valence-electron chi connectivity index (χ2n) is 6.03. The lowest BCUT2D eigenvalue weighted by atomic mass is 9.80. The first-order valence-electron chi connectivity index (χ1n) is 7.75. The molecule has 0 spiro atoms. The van der Waals surface area contributed by atoms with Crippen molar-refractivity contribution in [3.63, 3.8) is 0 Å². The van der Waals surface area contributed by atoms with Crippen molar-refractivity contribution in [1.82, 2.24) is 4.90 Å². The fourth-order valence-corrected chi connectivity index (χ4v) is 3.59. The Balaban J connectivity index is 2.01. The molecule has 1 saturated heterocycles. The van der Waals surface area contributed by atoms with Crippen LogP contribution in [-0.4, -0.2) is 22.9 Å². The number of oxime groups is 1. The summed E-state index contributed by atoms with van der Waals surface area (Å²) in [6.07, 6.45) is 0.765. The highest BCUT2D eigenvalue weighted by atomic mass is 16.4. The van der Waals surface area contributed by atoms with E-state index in [0.717, 1.165) is 12.1 Å². The van der Waals surface area contributed by atoms with Crippen LogP contribution in [0.3, 0.4) is 0 Å². The summed E-state index contributed by atoms with van der Waals surface area (Å²) in [6.45, 7) is 2.14. The number of nitrogens with zero attached hydrogens (tertiary/aromatic N) is 2. The first-order valence-corrected chi connectivity index (χ1v) is 7.75. The van der Waals surface area contributed by atoms with E-state index in [1.165, 1.54) is 11.1 Å². The molecule has 1 N–H and O–H groups in total. The molecule has 3 rings (SSSR count). The molecule has 0 saturated carbocycles. The molecule has 3 heteroatoms. The van der Waals surface area contributed by atoms with Crippen LogP contribution < -0.4 is 0 Å². The van der Waals surface area contributed by atoms with Gasteiger partial charge >= 0.3 is 0 Å². The number of likely N-dealkylation sites (tertiary alicyclic amines) is 1. The molecule has 3 nitrogen and oxygen atoms in total. The van der Waals surface area contributed by atoms with Crippen molar-refractivity contribution in [2.24, 2.45) is 11.1 Å². The van der Waals surface area contributed by atoms with Crippen LogP contribution in [0.2, 0.25) is 0 Å². The van der Waals surface area contributed by atoms with Gasteiger partial charge in [0.1, 0.15) is 0 Å². The molecule has 0 bridgehead atoms. The van der Waals surface area contributed by atoms with Gasteiger partial charge in [0.25, 0.3) is 0 Å². The largest absolute Gasteiger partial charge is 0.411 e. The van der Waals surface area contributed by atoms with Crippen LogP contribution in [0.25, 0.3) is 0 Å². The summed E-state index contributed by atoms with van der Waals surface area (Å²) in [5.74, 6) is 0.192. The fourth-order valence-electron chi connectivity index (χ4n) is 3.59. The topological polar surface area (TPSA) is 35.8 Å². The average Bonchev–Trinajstić information content (AvgIpc) is 2.57. The van der Waals surface area contributed by atoms with Crippen LogP contribution in [0.5, 0.6) is 0 Å². The molecular weight excluding hydrogens is 272 g/mol. The van der Waals surface area contributed by atoms with Gasteiger partial charge in [-0.2, -0.15) is 0 Å². The van der Waals surface area contributed by atoms with Gasteiger partial charge in [0.05, 0.1) is 5.71 Å². The zero-order valence-electron chi connectivity index (χ0n) is 13.1. The van der Waals surface area contributed by atoms with Crippen molar-refractivity contribution in [3.05, 3.63) is 71.8 Å². The predicted molar refractivity (Wildman–Crippen MR) is 89.1 cm³/mol. The Hall–Kier alpha value is -2.13. The van der Waals surface area contributed by atoms with Crippen molar-refractivity contribution in [3.8, 4) is 0 Å². The highest BCUT2D eigenvalue weighted by molar-refractivity contribution is 5.88. The smallest absolute Gasteiger partial charge is 0.0636 e. The standard InChI is InChI=1S/C19H22N2O/c1-14-17(20-22)13-18(15-9-5-3-6-10-15)21(2)19(14)16-11-7-4-8-12-16/h3-12,14,18-19,22H,13H2,1-2H3/t14-,18+,19+/m1/s1. The Morgan fingerprint density at radius 3 is 2.05 bits per heavy atom. The molecule has 3 atom stereocenters. The minimum Gasteiger partial charge on any atom is -0.411 e. The third kappa shape index (κ3) is 2.64. The number of benzene rings is 2. The lowest BCUT2D eigenvalue weighted by Gasteiger charge is -2.44. The molecule has 2 aromatic carbocycles. The average molecular weight is 294 g/mol. The number of hydrogen-bond donors (Lipinski definition) is 1. The number of hydrogen-bond acceptors (Lipinski definition) is 3. The van der Waals surface area contributed by atoms with Gasteiger partial charge in [-0.1, -0.05) is 72.7 Å². The van der Waals surface area contributed by atoms with Crippen molar-refractivity contribution in [2.45, 2.75) is 25.4 Å². The third-order valence-electron chi connectivity index (χ3n) is 4.79.